The molecule has 6 heteroatoms. The molecule has 5 nitrogen and oxygen atoms in total. The van der Waals surface area contributed by atoms with Crippen molar-refractivity contribution in [3.8, 4) is 11.6 Å². The van der Waals surface area contributed by atoms with Crippen LogP contribution in [0.3, 0.4) is 0 Å². The number of nitrogens with zero attached hydrogens (tertiary/aromatic N) is 3. The maximum Gasteiger partial charge on any atom is 0.238 e. The molecule has 84 valence electrons. The molecule has 3 aromatic rings. The Morgan fingerprint density at radius 1 is 1.12 bits per heavy atom. The maximum absolute atomic E-state index is 5.57. The predicted octanol–water partition coefficient (Wildman–Crippen LogP) is 2.91. The second kappa shape index (κ2) is 4.14. The summed E-state index contributed by atoms with van der Waals surface area (Å²) >= 11 is 3.36. The minimum Gasteiger partial charge on any atom is -0.437 e. The zero-order valence-corrected chi connectivity index (χ0v) is 10.2. The Morgan fingerprint density at radius 2 is 1.94 bits per heavy atom. The Kier molecular flexibility index (Phi) is 2.49. The fraction of sp³-hybridized carbons (Fsp3) is 0. The molecule has 0 saturated heterocycles. The SMILES string of the molecule is Brc1ccc(Oc2cnc3[nH]ncc3n2)cc1. The van der Waals surface area contributed by atoms with Crippen LogP contribution in [0.1, 0.15) is 0 Å². The number of H-pyrrole nitrogens is 1. The summed E-state index contributed by atoms with van der Waals surface area (Å²) in [6, 6.07) is 7.51. The largest absolute Gasteiger partial charge is 0.437 e. The first-order valence-corrected chi connectivity index (χ1v) is 5.70. The van der Waals surface area contributed by atoms with Crippen molar-refractivity contribution in [1.29, 1.82) is 0 Å². The monoisotopic (exact) mass is 290 g/mol. The van der Waals surface area contributed by atoms with Crippen LogP contribution in [-0.4, -0.2) is 20.2 Å². The molecule has 0 amide bonds. The minimum atomic E-state index is 0.446. The first-order valence-electron chi connectivity index (χ1n) is 4.91. The number of benzene rings is 1. The van der Waals surface area contributed by atoms with Crippen LogP contribution in [0.5, 0.6) is 11.6 Å². The molecule has 0 aliphatic rings. The zero-order valence-electron chi connectivity index (χ0n) is 8.59. The highest BCUT2D eigenvalue weighted by molar-refractivity contribution is 9.10. The smallest absolute Gasteiger partial charge is 0.238 e. The van der Waals surface area contributed by atoms with E-state index < -0.39 is 0 Å². The molecule has 2 aromatic heterocycles. The van der Waals surface area contributed by atoms with Gasteiger partial charge in [0.1, 0.15) is 11.3 Å². The first-order chi connectivity index (χ1) is 8.31. The van der Waals surface area contributed by atoms with Gasteiger partial charge in [0, 0.05) is 4.47 Å². The highest BCUT2D eigenvalue weighted by Crippen LogP contribution is 2.22. The van der Waals surface area contributed by atoms with Gasteiger partial charge in [0.2, 0.25) is 5.88 Å². The number of aromatic amines is 1. The Morgan fingerprint density at radius 3 is 2.76 bits per heavy atom. The van der Waals surface area contributed by atoms with E-state index in [0.29, 0.717) is 22.8 Å². The van der Waals surface area contributed by atoms with Gasteiger partial charge in [-0.1, -0.05) is 15.9 Å². The molecule has 0 aliphatic carbocycles. The number of nitrogens with one attached hydrogen (secondary N) is 1. The summed E-state index contributed by atoms with van der Waals surface area (Å²) in [6.45, 7) is 0. The average molecular weight is 291 g/mol. The summed E-state index contributed by atoms with van der Waals surface area (Å²) < 4.78 is 6.58. The number of hydrogen-bond donors (Lipinski definition) is 1. The fourth-order valence-corrected chi connectivity index (χ4v) is 1.65. The number of fused-ring (bicyclic) bond motifs is 1. The van der Waals surface area contributed by atoms with Crippen LogP contribution in [0, 0.1) is 0 Å². The second-order valence-electron chi connectivity index (χ2n) is 3.37. The lowest BCUT2D eigenvalue weighted by Gasteiger charge is -2.03. The zero-order chi connectivity index (χ0) is 11.7. The third-order valence-electron chi connectivity index (χ3n) is 2.17. The van der Waals surface area contributed by atoms with Crippen LogP contribution in [0.25, 0.3) is 11.2 Å². The molecule has 0 spiro atoms. The molecular formula is C11H7BrN4O. The highest BCUT2D eigenvalue weighted by Gasteiger charge is 2.03. The molecule has 2 heterocycles. The van der Waals surface area contributed by atoms with Crippen molar-refractivity contribution in [2.75, 3.05) is 0 Å². The van der Waals surface area contributed by atoms with Gasteiger partial charge in [-0.15, -0.1) is 0 Å². The summed E-state index contributed by atoms with van der Waals surface area (Å²) in [5.41, 5.74) is 1.33. The van der Waals surface area contributed by atoms with Crippen molar-refractivity contribution in [2.24, 2.45) is 0 Å². The summed E-state index contributed by atoms with van der Waals surface area (Å²) in [7, 11) is 0. The number of halogens is 1. The van der Waals surface area contributed by atoms with E-state index in [2.05, 4.69) is 36.1 Å². The van der Waals surface area contributed by atoms with Crippen molar-refractivity contribution >= 4 is 27.1 Å². The van der Waals surface area contributed by atoms with Crippen LogP contribution in [-0.2, 0) is 0 Å². The number of hydrogen-bond acceptors (Lipinski definition) is 4. The van der Waals surface area contributed by atoms with Gasteiger partial charge in [-0.2, -0.15) is 5.10 Å². The molecule has 1 N–H and O–H groups in total. The Bertz CT molecular complexity index is 650. The third-order valence-corrected chi connectivity index (χ3v) is 2.70. The van der Waals surface area contributed by atoms with Crippen LogP contribution < -0.4 is 4.74 Å². The Hall–Kier alpha value is -1.95. The molecule has 1 aromatic carbocycles. The van der Waals surface area contributed by atoms with Crippen molar-refractivity contribution < 1.29 is 4.74 Å². The van der Waals surface area contributed by atoms with E-state index in [4.69, 9.17) is 4.74 Å². The normalized spacial score (nSPS) is 10.6. The topological polar surface area (TPSA) is 63.7 Å². The lowest BCUT2D eigenvalue weighted by molar-refractivity contribution is 0.462. The molecule has 0 atom stereocenters. The van der Waals surface area contributed by atoms with Gasteiger partial charge in [-0.25, -0.2) is 9.97 Å². The van der Waals surface area contributed by atoms with Gasteiger partial charge in [0.25, 0.3) is 0 Å². The van der Waals surface area contributed by atoms with Gasteiger partial charge in [0.05, 0.1) is 12.4 Å². The summed E-state index contributed by atoms with van der Waals surface area (Å²) in [6.07, 6.45) is 3.17. The molecular weight excluding hydrogens is 284 g/mol. The quantitative estimate of drug-likeness (QED) is 0.788. The maximum atomic E-state index is 5.57. The number of ether oxygens (including phenoxy) is 1. The van der Waals surface area contributed by atoms with E-state index in [1.165, 1.54) is 0 Å². The van der Waals surface area contributed by atoms with E-state index >= 15 is 0 Å². The number of rotatable bonds is 2. The molecule has 0 aliphatic heterocycles. The van der Waals surface area contributed by atoms with Gasteiger partial charge in [0.15, 0.2) is 5.65 Å². The van der Waals surface area contributed by atoms with Gasteiger partial charge < -0.3 is 4.74 Å². The summed E-state index contributed by atoms with van der Waals surface area (Å²) in [4.78, 5) is 8.40. The van der Waals surface area contributed by atoms with Crippen LogP contribution in [0.4, 0.5) is 0 Å². The lowest BCUT2D eigenvalue weighted by Crippen LogP contribution is -1.89. The van der Waals surface area contributed by atoms with E-state index in [-0.39, 0.29) is 0 Å². The van der Waals surface area contributed by atoms with Crippen molar-refractivity contribution in [3.05, 3.63) is 41.1 Å². The Labute approximate surface area is 105 Å². The van der Waals surface area contributed by atoms with Gasteiger partial charge >= 0.3 is 0 Å². The Balaban J connectivity index is 1.91. The minimum absolute atomic E-state index is 0.446. The van der Waals surface area contributed by atoms with Crippen LogP contribution in [0.2, 0.25) is 0 Å². The first kappa shape index (κ1) is 10.2. The molecule has 0 unspecified atom stereocenters. The van der Waals surface area contributed by atoms with Crippen molar-refractivity contribution in [3.63, 3.8) is 0 Å². The van der Waals surface area contributed by atoms with Crippen molar-refractivity contribution in [2.45, 2.75) is 0 Å². The van der Waals surface area contributed by atoms with Crippen LogP contribution >= 0.6 is 15.9 Å². The molecule has 0 saturated carbocycles. The molecule has 0 radical (unpaired) electrons. The predicted molar refractivity (Wildman–Crippen MR) is 65.9 cm³/mol. The fourth-order valence-electron chi connectivity index (χ4n) is 1.39. The van der Waals surface area contributed by atoms with E-state index in [0.717, 1.165) is 4.47 Å². The second-order valence-corrected chi connectivity index (χ2v) is 4.28. The van der Waals surface area contributed by atoms with Gasteiger partial charge in [-0.3, -0.25) is 5.10 Å². The van der Waals surface area contributed by atoms with Crippen LogP contribution in [0.15, 0.2) is 41.1 Å². The van der Waals surface area contributed by atoms with E-state index in [1.54, 1.807) is 12.4 Å². The summed E-state index contributed by atoms with van der Waals surface area (Å²) in [5, 5.41) is 6.58. The molecule has 0 bridgehead atoms. The molecule has 17 heavy (non-hydrogen) atoms. The highest BCUT2D eigenvalue weighted by atomic mass is 79.9. The van der Waals surface area contributed by atoms with Crippen molar-refractivity contribution in [1.82, 2.24) is 20.2 Å². The average Bonchev–Trinajstić information content (AvgIpc) is 2.79. The summed E-state index contributed by atoms with van der Waals surface area (Å²) in [5.74, 6) is 1.16. The molecule has 0 fully saturated rings. The van der Waals surface area contributed by atoms with Gasteiger partial charge in [-0.05, 0) is 24.3 Å². The number of aromatic nitrogens is 4. The standard InChI is InChI=1S/C11H7BrN4O/c12-7-1-3-8(4-2-7)17-10-6-13-11-9(15-10)5-14-16-11/h1-6H,(H,13,14,16). The third kappa shape index (κ3) is 2.12. The lowest BCUT2D eigenvalue weighted by atomic mass is 10.3. The van der Waals surface area contributed by atoms with E-state index in [1.807, 2.05) is 24.3 Å². The molecule has 3 rings (SSSR count). The van der Waals surface area contributed by atoms with E-state index in [9.17, 15) is 0 Å².